The number of rotatable bonds is 7. The summed E-state index contributed by atoms with van der Waals surface area (Å²) in [5.74, 6) is 0. The van der Waals surface area contributed by atoms with Gasteiger partial charge in [0.1, 0.15) is 0 Å². The second-order valence-electron chi connectivity index (χ2n) is 5.71. The molecule has 0 N–H and O–H groups in total. The van der Waals surface area contributed by atoms with Gasteiger partial charge in [0.15, 0.2) is 0 Å². The van der Waals surface area contributed by atoms with Crippen LogP contribution < -0.4 is 0 Å². The molecule has 0 radical (unpaired) electrons. The Morgan fingerprint density at radius 1 is 0.818 bits per heavy atom. The predicted octanol–water partition coefficient (Wildman–Crippen LogP) is 4.56. The van der Waals surface area contributed by atoms with Crippen molar-refractivity contribution in [1.29, 1.82) is 0 Å². The van der Waals surface area contributed by atoms with Gasteiger partial charge < -0.3 is 4.90 Å². The topological polar surface area (TPSA) is 6.48 Å². The van der Waals surface area contributed by atoms with Crippen LogP contribution in [-0.4, -0.2) is 37.0 Å². The van der Waals surface area contributed by atoms with Gasteiger partial charge in [-0.15, -0.1) is 0 Å². The van der Waals surface area contributed by atoms with E-state index in [-0.39, 0.29) is 0 Å². The zero-order valence-corrected chi connectivity index (χ0v) is 14.6. The summed E-state index contributed by atoms with van der Waals surface area (Å²) >= 11 is 12.5. The molecule has 4 heteroatoms. The molecule has 0 bridgehead atoms. The maximum Gasteiger partial charge on any atom is 0.0637 e. The molecular weight excluding hydrogens is 315 g/mol. The van der Waals surface area contributed by atoms with Crippen LogP contribution in [-0.2, 0) is 13.1 Å². The number of hydrogen-bond acceptors (Lipinski definition) is 2. The minimum atomic E-state index is 0.617. The van der Waals surface area contributed by atoms with Crippen molar-refractivity contribution in [2.75, 3.05) is 27.2 Å². The molecule has 0 aromatic heterocycles. The molecule has 118 valence electrons. The second-order valence-corrected chi connectivity index (χ2v) is 6.50. The summed E-state index contributed by atoms with van der Waals surface area (Å²) < 4.78 is 0. The summed E-state index contributed by atoms with van der Waals surface area (Å²) in [7, 11) is 4.18. The van der Waals surface area contributed by atoms with Crippen LogP contribution in [0.3, 0.4) is 0 Å². The van der Waals surface area contributed by atoms with E-state index < -0.39 is 0 Å². The molecule has 2 aromatic carbocycles. The van der Waals surface area contributed by atoms with Crippen molar-refractivity contribution >= 4 is 23.2 Å². The van der Waals surface area contributed by atoms with Crippen LogP contribution in [0.4, 0.5) is 0 Å². The quantitative estimate of drug-likeness (QED) is 0.731. The highest BCUT2D eigenvalue weighted by molar-refractivity contribution is 6.42. The van der Waals surface area contributed by atoms with Gasteiger partial charge in [-0.05, 0) is 31.3 Å². The minimum Gasteiger partial charge on any atom is -0.308 e. The Labute approximate surface area is 143 Å². The zero-order chi connectivity index (χ0) is 15.9. The lowest BCUT2D eigenvalue weighted by molar-refractivity contribution is 0.226. The van der Waals surface area contributed by atoms with E-state index in [1.807, 2.05) is 24.3 Å². The number of nitrogens with zero attached hydrogens (tertiary/aromatic N) is 2. The van der Waals surface area contributed by atoms with Gasteiger partial charge in [0.05, 0.1) is 10.0 Å². The average molecular weight is 337 g/mol. The largest absolute Gasteiger partial charge is 0.308 e. The van der Waals surface area contributed by atoms with Crippen LogP contribution in [0.25, 0.3) is 0 Å². The fourth-order valence-corrected chi connectivity index (χ4v) is 2.69. The van der Waals surface area contributed by atoms with E-state index in [0.29, 0.717) is 10.0 Å². The molecule has 0 spiro atoms. The van der Waals surface area contributed by atoms with Crippen molar-refractivity contribution < 1.29 is 0 Å². The highest BCUT2D eigenvalue weighted by Crippen LogP contribution is 2.26. The van der Waals surface area contributed by atoms with Crippen LogP contribution in [0, 0.1) is 0 Å². The van der Waals surface area contributed by atoms with Crippen LogP contribution in [0.5, 0.6) is 0 Å². The van der Waals surface area contributed by atoms with E-state index in [9.17, 15) is 0 Å². The monoisotopic (exact) mass is 336 g/mol. The molecule has 0 saturated carbocycles. The summed E-state index contributed by atoms with van der Waals surface area (Å²) in [4.78, 5) is 4.59. The Kier molecular flexibility index (Phi) is 6.71. The first kappa shape index (κ1) is 17.3. The van der Waals surface area contributed by atoms with E-state index in [2.05, 4.69) is 48.2 Å². The summed E-state index contributed by atoms with van der Waals surface area (Å²) in [6.07, 6.45) is 0. The van der Waals surface area contributed by atoms with Gasteiger partial charge in [0.2, 0.25) is 0 Å². The van der Waals surface area contributed by atoms with Crippen molar-refractivity contribution in [3.05, 3.63) is 69.7 Å². The smallest absolute Gasteiger partial charge is 0.0637 e. The molecule has 0 aliphatic carbocycles. The molecule has 0 aliphatic heterocycles. The fraction of sp³-hybridized carbons (Fsp3) is 0.333. The number of benzene rings is 2. The molecular formula is C18H22Cl2N2. The minimum absolute atomic E-state index is 0.617. The number of halogens is 2. The van der Waals surface area contributed by atoms with Crippen LogP contribution in [0.15, 0.2) is 48.5 Å². The molecule has 0 saturated heterocycles. The highest BCUT2D eigenvalue weighted by atomic mass is 35.5. The molecule has 2 rings (SSSR count). The van der Waals surface area contributed by atoms with Crippen molar-refractivity contribution in [1.82, 2.24) is 9.80 Å². The molecule has 2 nitrogen and oxygen atoms in total. The average Bonchev–Trinajstić information content (AvgIpc) is 2.50. The van der Waals surface area contributed by atoms with Crippen LogP contribution in [0.2, 0.25) is 10.0 Å². The molecule has 0 fully saturated rings. The Bertz CT molecular complexity index is 585. The normalized spacial score (nSPS) is 11.4. The maximum absolute atomic E-state index is 6.33. The van der Waals surface area contributed by atoms with Gasteiger partial charge in [-0.1, -0.05) is 65.7 Å². The molecule has 0 amide bonds. The number of hydrogen-bond donors (Lipinski definition) is 0. The lowest BCUT2D eigenvalue weighted by Gasteiger charge is -2.25. The Morgan fingerprint density at radius 2 is 1.55 bits per heavy atom. The van der Waals surface area contributed by atoms with Crippen LogP contribution in [0.1, 0.15) is 11.1 Å². The first-order chi connectivity index (χ1) is 10.6. The Morgan fingerprint density at radius 3 is 2.23 bits per heavy atom. The second kappa shape index (κ2) is 8.54. The summed E-state index contributed by atoms with van der Waals surface area (Å²) in [5, 5.41) is 1.28. The zero-order valence-electron chi connectivity index (χ0n) is 13.1. The van der Waals surface area contributed by atoms with Crippen molar-refractivity contribution in [2.45, 2.75) is 13.1 Å². The first-order valence-electron chi connectivity index (χ1n) is 7.40. The van der Waals surface area contributed by atoms with E-state index in [0.717, 1.165) is 31.7 Å². The summed E-state index contributed by atoms with van der Waals surface area (Å²) in [5.41, 5.74) is 2.38. The molecule has 22 heavy (non-hydrogen) atoms. The van der Waals surface area contributed by atoms with Gasteiger partial charge in [-0.2, -0.15) is 0 Å². The molecule has 0 aliphatic rings. The van der Waals surface area contributed by atoms with E-state index in [4.69, 9.17) is 23.2 Å². The SMILES string of the molecule is CN(C)CCN(Cc1ccccc1)Cc1cccc(Cl)c1Cl. The van der Waals surface area contributed by atoms with Gasteiger partial charge in [0.25, 0.3) is 0 Å². The molecule has 0 atom stereocenters. The lowest BCUT2D eigenvalue weighted by atomic mass is 10.1. The third-order valence-electron chi connectivity index (χ3n) is 3.54. The van der Waals surface area contributed by atoms with E-state index in [1.165, 1.54) is 5.56 Å². The van der Waals surface area contributed by atoms with Gasteiger partial charge in [0, 0.05) is 26.2 Å². The van der Waals surface area contributed by atoms with Crippen molar-refractivity contribution in [2.24, 2.45) is 0 Å². The summed E-state index contributed by atoms with van der Waals surface area (Å²) in [6.45, 7) is 3.68. The van der Waals surface area contributed by atoms with Crippen LogP contribution >= 0.6 is 23.2 Å². The van der Waals surface area contributed by atoms with E-state index in [1.54, 1.807) is 0 Å². The fourth-order valence-electron chi connectivity index (χ4n) is 2.31. The third-order valence-corrected chi connectivity index (χ3v) is 4.40. The first-order valence-corrected chi connectivity index (χ1v) is 8.16. The van der Waals surface area contributed by atoms with E-state index >= 15 is 0 Å². The van der Waals surface area contributed by atoms with Gasteiger partial charge in [-0.3, -0.25) is 4.90 Å². The third kappa shape index (κ3) is 5.29. The Balaban J connectivity index is 2.11. The maximum atomic E-state index is 6.33. The van der Waals surface area contributed by atoms with Gasteiger partial charge in [-0.25, -0.2) is 0 Å². The highest BCUT2D eigenvalue weighted by Gasteiger charge is 2.11. The molecule has 2 aromatic rings. The standard InChI is InChI=1S/C18H22Cl2N2/c1-21(2)11-12-22(13-15-7-4-3-5-8-15)14-16-9-6-10-17(19)18(16)20/h3-10H,11-14H2,1-2H3. The number of likely N-dealkylation sites (N-methyl/N-ethyl adjacent to an activating group) is 1. The predicted molar refractivity (Wildman–Crippen MR) is 95.6 cm³/mol. The summed E-state index contributed by atoms with van der Waals surface area (Å²) in [6, 6.07) is 16.3. The molecule has 0 unspecified atom stereocenters. The molecule has 0 heterocycles. The lowest BCUT2D eigenvalue weighted by Crippen LogP contribution is -2.31. The Hall–Kier alpha value is -1.06. The van der Waals surface area contributed by atoms with Crippen molar-refractivity contribution in [3.8, 4) is 0 Å². The van der Waals surface area contributed by atoms with Crippen molar-refractivity contribution in [3.63, 3.8) is 0 Å². The van der Waals surface area contributed by atoms with Gasteiger partial charge >= 0.3 is 0 Å².